The zero-order valence-electron chi connectivity index (χ0n) is 13.3. The summed E-state index contributed by atoms with van der Waals surface area (Å²) in [5, 5.41) is 3.36. The van der Waals surface area contributed by atoms with Crippen molar-refractivity contribution in [3.8, 4) is 0 Å². The molecule has 2 heterocycles. The summed E-state index contributed by atoms with van der Waals surface area (Å²) in [6.45, 7) is 6.04. The summed E-state index contributed by atoms with van der Waals surface area (Å²) < 4.78 is 41.2. The molecule has 1 unspecified atom stereocenters. The van der Waals surface area contributed by atoms with Crippen molar-refractivity contribution in [2.24, 2.45) is 15.9 Å². The Kier molecular flexibility index (Phi) is 4.40. The van der Waals surface area contributed by atoms with Gasteiger partial charge in [-0.15, -0.1) is 0 Å². The molecule has 24 heavy (non-hydrogen) atoms. The van der Waals surface area contributed by atoms with Crippen LogP contribution in [0.25, 0.3) is 5.57 Å². The second-order valence-corrected chi connectivity index (χ2v) is 6.43. The number of aliphatic imine (C=N–C) groups is 2. The van der Waals surface area contributed by atoms with Crippen LogP contribution >= 0.6 is 11.6 Å². The van der Waals surface area contributed by atoms with Gasteiger partial charge in [0.2, 0.25) is 5.96 Å². The molecular formula is C16H16ClF3N4. The number of rotatable bonds is 3. The van der Waals surface area contributed by atoms with Crippen LogP contribution in [0, 0.1) is 23.4 Å². The maximum Gasteiger partial charge on any atom is 0.242 e. The highest BCUT2D eigenvalue weighted by Gasteiger charge is 2.38. The van der Waals surface area contributed by atoms with E-state index in [0.29, 0.717) is 18.1 Å². The van der Waals surface area contributed by atoms with E-state index in [4.69, 9.17) is 11.6 Å². The number of hydrogen-bond donors (Lipinski definition) is 0. The third kappa shape index (κ3) is 2.82. The number of guanidine groups is 1. The third-order valence-corrected chi connectivity index (χ3v) is 4.45. The molecule has 0 fully saturated rings. The van der Waals surface area contributed by atoms with Crippen LogP contribution in [0.1, 0.15) is 26.3 Å². The zero-order valence-corrected chi connectivity index (χ0v) is 14.1. The summed E-state index contributed by atoms with van der Waals surface area (Å²) >= 11 is 6.26. The molecule has 0 amide bonds. The molecule has 2 atom stereocenters. The Morgan fingerprint density at radius 2 is 1.75 bits per heavy atom. The Balaban J connectivity index is 2.02. The maximum absolute atomic E-state index is 14.0. The van der Waals surface area contributed by atoms with Crippen molar-refractivity contribution in [1.82, 2.24) is 10.0 Å². The van der Waals surface area contributed by atoms with Crippen LogP contribution in [-0.2, 0) is 0 Å². The molecule has 8 heteroatoms. The number of hydrazine groups is 1. The number of halogens is 4. The van der Waals surface area contributed by atoms with Crippen molar-refractivity contribution in [3.63, 3.8) is 0 Å². The SMILES string of the molecule is CC(C)[C@@H](C)N1C(Cl)N=C2N=CC(c3c(F)cc(F)cc3F)=CN21. The van der Waals surface area contributed by atoms with Gasteiger partial charge in [-0.2, -0.15) is 5.01 Å². The lowest BCUT2D eigenvalue weighted by atomic mass is 10.1. The summed E-state index contributed by atoms with van der Waals surface area (Å²) in [4.78, 5) is 8.35. The van der Waals surface area contributed by atoms with E-state index in [1.165, 1.54) is 12.4 Å². The van der Waals surface area contributed by atoms with Crippen LogP contribution < -0.4 is 0 Å². The van der Waals surface area contributed by atoms with Crippen molar-refractivity contribution in [2.75, 3.05) is 0 Å². The molecule has 0 aromatic heterocycles. The van der Waals surface area contributed by atoms with Crippen LogP contribution in [0.15, 0.2) is 28.3 Å². The van der Waals surface area contributed by atoms with Gasteiger partial charge in [0.05, 0.1) is 5.56 Å². The number of allylic oxidation sites excluding steroid dienone is 1. The Labute approximate surface area is 142 Å². The van der Waals surface area contributed by atoms with E-state index in [-0.39, 0.29) is 23.1 Å². The maximum atomic E-state index is 14.0. The number of benzene rings is 1. The fourth-order valence-electron chi connectivity index (χ4n) is 2.57. The summed E-state index contributed by atoms with van der Waals surface area (Å²) in [5.74, 6) is -2.34. The molecule has 0 bridgehead atoms. The summed E-state index contributed by atoms with van der Waals surface area (Å²) in [7, 11) is 0. The van der Waals surface area contributed by atoms with Gasteiger partial charge in [-0.05, 0) is 12.8 Å². The normalized spacial score (nSPS) is 21.8. The molecule has 0 aliphatic carbocycles. The Morgan fingerprint density at radius 3 is 2.33 bits per heavy atom. The van der Waals surface area contributed by atoms with E-state index < -0.39 is 23.1 Å². The van der Waals surface area contributed by atoms with Gasteiger partial charge in [0.25, 0.3) is 0 Å². The highest BCUT2D eigenvalue weighted by atomic mass is 35.5. The topological polar surface area (TPSA) is 31.2 Å². The average molecular weight is 357 g/mol. The van der Waals surface area contributed by atoms with Gasteiger partial charge in [0, 0.05) is 36.2 Å². The van der Waals surface area contributed by atoms with E-state index in [1.54, 1.807) is 10.0 Å². The van der Waals surface area contributed by atoms with E-state index in [0.717, 1.165) is 0 Å². The van der Waals surface area contributed by atoms with Crippen LogP contribution in [0.5, 0.6) is 0 Å². The van der Waals surface area contributed by atoms with E-state index >= 15 is 0 Å². The third-order valence-electron chi connectivity index (χ3n) is 4.15. The van der Waals surface area contributed by atoms with Crippen molar-refractivity contribution < 1.29 is 13.2 Å². The van der Waals surface area contributed by atoms with Gasteiger partial charge in [-0.25, -0.2) is 28.2 Å². The Hall–Kier alpha value is -1.86. The molecule has 2 aliphatic rings. The van der Waals surface area contributed by atoms with Crippen molar-refractivity contribution in [1.29, 1.82) is 0 Å². The number of alkyl halides is 1. The first-order chi connectivity index (χ1) is 11.3. The molecular weight excluding hydrogens is 341 g/mol. The average Bonchev–Trinajstić information content (AvgIpc) is 2.80. The minimum Gasteiger partial charge on any atom is -0.244 e. The zero-order chi connectivity index (χ0) is 17.6. The van der Waals surface area contributed by atoms with Gasteiger partial charge in [0.1, 0.15) is 17.5 Å². The highest BCUT2D eigenvalue weighted by Crippen LogP contribution is 2.31. The standard InChI is InChI=1S/C16H16ClF3N4/c1-8(2)9(3)24-15(17)22-16-21-6-10(7-23(16)24)14-12(19)4-11(18)5-13(14)20/h4-9,15H,1-3H3/t9-,15?/m1/s1. The predicted molar refractivity (Wildman–Crippen MR) is 87.8 cm³/mol. The van der Waals surface area contributed by atoms with Crippen molar-refractivity contribution in [3.05, 3.63) is 41.3 Å². The van der Waals surface area contributed by atoms with Gasteiger partial charge in [-0.3, -0.25) is 0 Å². The minimum absolute atomic E-state index is 0.0162. The second kappa shape index (κ2) is 6.22. The lowest BCUT2D eigenvalue weighted by Gasteiger charge is -2.36. The highest BCUT2D eigenvalue weighted by molar-refractivity contribution is 6.22. The second-order valence-electron chi connectivity index (χ2n) is 6.04. The Bertz CT molecular complexity index is 737. The molecule has 1 aromatic rings. The fourth-order valence-corrected chi connectivity index (χ4v) is 2.93. The number of nitrogens with zero attached hydrogens (tertiary/aromatic N) is 4. The van der Waals surface area contributed by atoms with Crippen LogP contribution in [0.4, 0.5) is 13.2 Å². The summed E-state index contributed by atoms with van der Waals surface area (Å²) in [6.07, 6.45) is 2.80. The molecule has 128 valence electrons. The Morgan fingerprint density at radius 1 is 1.12 bits per heavy atom. The van der Waals surface area contributed by atoms with Gasteiger partial charge in [-0.1, -0.05) is 25.4 Å². The van der Waals surface area contributed by atoms with Crippen LogP contribution in [-0.4, -0.2) is 33.9 Å². The van der Waals surface area contributed by atoms with Gasteiger partial charge >= 0.3 is 0 Å². The fraction of sp³-hybridized carbons (Fsp3) is 0.375. The molecule has 0 saturated carbocycles. The first kappa shape index (κ1) is 17.0. The predicted octanol–water partition coefficient (Wildman–Crippen LogP) is 3.98. The molecule has 4 nitrogen and oxygen atoms in total. The van der Waals surface area contributed by atoms with E-state index in [9.17, 15) is 13.2 Å². The largest absolute Gasteiger partial charge is 0.244 e. The van der Waals surface area contributed by atoms with E-state index in [1.807, 2.05) is 20.8 Å². The van der Waals surface area contributed by atoms with Gasteiger partial charge in [0.15, 0.2) is 5.62 Å². The molecule has 3 rings (SSSR count). The minimum atomic E-state index is -0.990. The smallest absolute Gasteiger partial charge is 0.242 e. The molecule has 0 saturated heterocycles. The van der Waals surface area contributed by atoms with Crippen molar-refractivity contribution in [2.45, 2.75) is 32.4 Å². The lowest BCUT2D eigenvalue weighted by Crippen LogP contribution is -2.48. The van der Waals surface area contributed by atoms with Gasteiger partial charge < -0.3 is 0 Å². The van der Waals surface area contributed by atoms with Crippen LogP contribution in [0.3, 0.4) is 0 Å². The number of fused-ring (bicyclic) bond motifs is 1. The molecule has 0 N–H and O–H groups in total. The molecule has 0 radical (unpaired) electrons. The molecule has 0 spiro atoms. The van der Waals surface area contributed by atoms with Crippen LogP contribution in [0.2, 0.25) is 0 Å². The number of hydrogen-bond acceptors (Lipinski definition) is 4. The van der Waals surface area contributed by atoms with Crippen molar-refractivity contribution >= 4 is 29.3 Å². The lowest BCUT2D eigenvalue weighted by molar-refractivity contribution is 0.0305. The quantitative estimate of drug-likeness (QED) is 0.606. The molecule has 1 aromatic carbocycles. The monoisotopic (exact) mass is 356 g/mol. The first-order valence-corrected chi connectivity index (χ1v) is 7.93. The first-order valence-electron chi connectivity index (χ1n) is 7.49. The summed E-state index contributed by atoms with van der Waals surface area (Å²) in [6, 6.07) is 1.29. The summed E-state index contributed by atoms with van der Waals surface area (Å²) in [5.41, 5.74) is -0.821. The molecule has 2 aliphatic heterocycles. The van der Waals surface area contributed by atoms with E-state index in [2.05, 4.69) is 9.98 Å².